The predicted octanol–water partition coefficient (Wildman–Crippen LogP) is 3.65. The number of carbonyl (C=O) groups excluding carboxylic acids is 1. The second kappa shape index (κ2) is 6.81. The Bertz CT molecular complexity index is 1160. The van der Waals surface area contributed by atoms with Crippen LogP contribution in [0.25, 0.3) is 33.8 Å². The first-order valence-electron chi connectivity index (χ1n) is 9.23. The smallest absolute Gasteiger partial charge is 0.251 e. The van der Waals surface area contributed by atoms with E-state index in [0.717, 1.165) is 18.5 Å². The number of rotatable bonds is 4. The molecule has 3 aromatic heterocycles. The molecule has 1 saturated carbocycles. The maximum atomic E-state index is 12.4. The number of hydrogen-bond donors (Lipinski definition) is 1. The van der Waals surface area contributed by atoms with Crippen LogP contribution in [0.1, 0.15) is 23.2 Å². The molecule has 28 heavy (non-hydrogen) atoms. The van der Waals surface area contributed by atoms with Crippen LogP contribution >= 0.6 is 0 Å². The standard InChI is InChI=1S/C22H17N5O/c28-22(25-15-8-9-15)14-7-10-16-19(13-14)27-21(18-6-2-4-12-24-18)20(26-16)17-5-1-3-11-23-17/h1-7,10-13,15H,8-9H2,(H,25,28). The van der Waals surface area contributed by atoms with Crippen LogP contribution in [0.2, 0.25) is 0 Å². The number of benzene rings is 1. The zero-order valence-corrected chi connectivity index (χ0v) is 15.0. The molecule has 1 N–H and O–H groups in total. The van der Waals surface area contributed by atoms with Gasteiger partial charge in [0.05, 0.1) is 22.4 Å². The Kier molecular flexibility index (Phi) is 4.01. The van der Waals surface area contributed by atoms with Gasteiger partial charge < -0.3 is 5.32 Å². The summed E-state index contributed by atoms with van der Waals surface area (Å²) in [4.78, 5) is 30.9. The highest BCUT2D eigenvalue weighted by atomic mass is 16.1. The first kappa shape index (κ1) is 16.5. The van der Waals surface area contributed by atoms with Crippen LogP contribution in [0.3, 0.4) is 0 Å². The van der Waals surface area contributed by atoms with Gasteiger partial charge in [-0.1, -0.05) is 12.1 Å². The molecule has 0 spiro atoms. The summed E-state index contributed by atoms with van der Waals surface area (Å²) in [6.07, 6.45) is 5.56. The Morgan fingerprint density at radius 3 is 2.04 bits per heavy atom. The summed E-state index contributed by atoms with van der Waals surface area (Å²) in [5, 5.41) is 3.01. The fraction of sp³-hybridized carbons (Fsp3) is 0.136. The number of carbonyl (C=O) groups is 1. The Hall–Kier alpha value is -3.67. The third-order valence-corrected chi connectivity index (χ3v) is 4.65. The molecule has 6 heteroatoms. The van der Waals surface area contributed by atoms with Crippen molar-refractivity contribution in [2.45, 2.75) is 18.9 Å². The molecule has 1 aromatic carbocycles. The Morgan fingerprint density at radius 1 is 0.821 bits per heavy atom. The van der Waals surface area contributed by atoms with Gasteiger partial charge in [-0.2, -0.15) is 0 Å². The first-order chi connectivity index (χ1) is 13.8. The zero-order valence-electron chi connectivity index (χ0n) is 15.0. The van der Waals surface area contributed by atoms with Gasteiger partial charge in [0.25, 0.3) is 5.91 Å². The SMILES string of the molecule is O=C(NC1CC1)c1ccc2nc(-c3ccccn3)c(-c3ccccn3)nc2c1. The van der Waals surface area contributed by atoms with Gasteiger partial charge in [0, 0.05) is 24.0 Å². The van der Waals surface area contributed by atoms with Crippen molar-refractivity contribution < 1.29 is 4.79 Å². The van der Waals surface area contributed by atoms with Crippen LogP contribution in [0, 0.1) is 0 Å². The summed E-state index contributed by atoms with van der Waals surface area (Å²) in [7, 11) is 0. The molecular weight excluding hydrogens is 350 g/mol. The molecular formula is C22H17N5O. The third-order valence-electron chi connectivity index (χ3n) is 4.65. The number of amides is 1. The first-order valence-corrected chi connectivity index (χ1v) is 9.23. The molecule has 4 aromatic rings. The maximum Gasteiger partial charge on any atom is 0.251 e. The van der Waals surface area contributed by atoms with Crippen LogP contribution in [0.15, 0.2) is 67.0 Å². The monoisotopic (exact) mass is 367 g/mol. The fourth-order valence-electron chi connectivity index (χ4n) is 3.05. The van der Waals surface area contributed by atoms with E-state index in [1.165, 1.54) is 0 Å². The fourth-order valence-corrected chi connectivity index (χ4v) is 3.05. The number of aromatic nitrogens is 4. The van der Waals surface area contributed by atoms with Crippen LogP contribution in [-0.4, -0.2) is 31.9 Å². The number of nitrogens with zero attached hydrogens (tertiary/aromatic N) is 4. The summed E-state index contributed by atoms with van der Waals surface area (Å²) in [5.74, 6) is -0.0700. The van der Waals surface area contributed by atoms with E-state index in [1.807, 2.05) is 42.5 Å². The van der Waals surface area contributed by atoms with E-state index in [4.69, 9.17) is 9.97 Å². The lowest BCUT2D eigenvalue weighted by molar-refractivity contribution is 0.0951. The molecule has 0 radical (unpaired) electrons. The van der Waals surface area contributed by atoms with E-state index in [-0.39, 0.29) is 5.91 Å². The van der Waals surface area contributed by atoms with Gasteiger partial charge in [0.2, 0.25) is 0 Å². The van der Waals surface area contributed by atoms with Crippen molar-refractivity contribution in [2.24, 2.45) is 0 Å². The second-order valence-corrected chi connectivity index (χ2v) is 6.80. The largest absolute Gasteiger partial charge is 0.349 e. The van der Waals surface area contributed by atoms with Crippen molar-refractivity contribution in [1.82, 2.24) is 25.3 Å². The van der Waals surface area contributed by atoms with Crippen molar-refractivity contribution in [3.05, 3.63) is 72.6 Å². The Morgan fingerprint density at radius 2 is 1.46 bits per heavy atom. The molecule has 1 amide bonds. The minimum Gasteiger partial charge on any atom is -0.349 e. The summed E-state index contributed by atoms with van der Waals surface area (Å²) in [6.45, 7) is 0. The average molecular weight is 367 g/mol. The van der Waals surface area contributed by atoms with Crippen LogP contribution in [0.5, 0.6) is 0 Å². The topological polar surface area (TPSA) is 80.7 Å². The summed E-state index contributed by atoms with van der Waals surface area (Å²) in [6, 6.07) is 17.1. The highest BCUT2D eigenvalue weighted by Crippen LogP contribution is 2.29. The zero-order chi connectivity index (χ0) is 18.9. The number of pyridine rings is 2. The summed E-state index contributed by atoms with van der Waals surface area (Å²) < 4.78 is 0. The van der Waals surface area contributed by atoms with Crippen LogP contribution < -0.4 is 5.32 Å². The van der Waals surface area contributed by atoms with E-state index < -0.39 is 0 Å². The third kappa shape index (κ3) is 3.20. The van der Waals surface area contributed by atoms with E-state index in [9.17, 15) is 4.79 Å². The molecule has 0 aliphatic heterocycles. The number of fused-ring (bicyclic) bond motifs is 1. The number of hydrogen-bond acceptors (Lipinski definition) is 5. The molecule has 0 bridgehead atoms. The van der Waals surface area contributed by atoms with E-state index >= 15 is 0 Å². The summed E-state index contributed by atoms with van der Waals surface area (Å²) in [5.41, 5.74) is 4.71. The number of nitrogens with one attached hydrogen (secondary N) is 1. The summed E-state index contributed by atoms with van der Waals surface area (Å²) >= 11 is 0. The Balaban J connectivity index is 1.67. The van der Waals surface area contributed by atoms with Crippen molar-refractivity contribution in [3.63, 3.8) is 0 Å². The molecule has 0 atom stereocenters. The minimum absolute atomic E-state index is 0.0700. The minimum atomic E-state index is -0.0700. The van der Waals surface area contributed by atoms with Crippen LogP contribution in [0.4, 0.5) is 0 Å². The molecule has 1 aliphatic rings. The van der Waals surface area contributed by atoms with Crippen molar-refractivity contribution in [1.29, 1.82) is 0 Å². The van der Waals surface area contributed by atoms with Crippen molar-refractivity contribution in [2.75, 3.05) is 0 Å². The highest BCUT2D eigenvalue weighted by Gasteiger charge is 2.24. The Labute approximate surface area is 161 Å². The lowest BCUT2D eigenvalue weighted by Crippen LogP contribution is -2.25. The quantitative estimate of drug-likeness (QED) is 0.595. The molecule has 5 rings (SSSR count). The van der Waals surface area contributed by atoms with Gasteiger partial charge >= 0.3 is 0 Å². The molecule has 3 heterocycles. The highest BCUT2D eigenvalue weighted by molar-refractivity contribution is 5.98. The van der Waals surface area contributed by atoms with Gasteiger partial charge in [0.1, 0.15) is 11.4 Å². The maximum absolute atomic E-state index is 12.4. The van der Waals surface area contributed by atoms with Gasteiger partial charge in [-0.25, -0.2) is 9.97 Å². The van der Waals surface area contributed by atoms with Gasteiger partial charge in [-0.3, -0.25) is 14.8 Å². The van der Waals surface area contributed by atoms with Crippen molar-refractivity contribution >= 4 is 16.9 Å². The average Bonchev–Trinajstić information content (AvgIpc) is 3.57. The van der Waals surface area contributed by atoms with Crippen LogP contribution in [-0.2, 0) is 0 Å². The van der Waals surface area contributed by atoms with E-state index in [0.29, 0.717) is 39.7 Å². The van der Waals surface area contributed by atoms with Gasteiger partial charge in [0.15, 0.2) is 0 Å². The molecule has 0 saturated heterocycles. The molecule has 0 unspecified atom stereocenters. The second-order valence-electron chi connectivity index (χ2n) is 6.80. The predicted molar refractivity (Wildman–Crippen MR) is 106 cm³/mol. The molecule has 6 nitrogen and oxygen atoms in total. The van der Waals surface area contributed by atoms with Crippen molar-refractivity contribution in [3.8, 4) is 22.8 Å². The molecule has 1 fully saturated rings. The molecule has 136 valence electrons. The van der Waals surface area contributed by atoms with E-state index in [1.54, 1.807) is 24.5 Å². The van der Waals surface area contributed by atoms with Gasteiger partial charge in [-0.05, 0) is 55.3 Å². The normalized spacial score (nSPS) is 13.4. The molecule has 1 aliphatic carbocycles. The van der Waals surface area contributed by atoms with E-state index in [2.05, 4.69) is 15.3 Å². The lowest BCUT2D eigenvalue weighted by Gasteiger charge is -2.10. The van der Waals surface area contributed by atoms with Gasteiger partial charge in [-0.15, -0.1) is 0 Å². The lowest BCUT2D eigenvalue weighted by atomic mass is 10.1.